The Hall–Kier alpha value is -1.65. The van der Waals surface area contributed by atoms with Crippen molar-refractivity contribution < 1.29 is 19.1 Å². The van der Waals surface area contributed by atoms with Gasteiger partial charge in [-0.25, -0.2) is 4.79 Å². The lowest BCUT2D eigenvalue weighted by Crippen LogP contribution is -2.45. The van der Waals surface area contributed by atoms with Crippen LogP contribution in [0.2, 0.25) is 0 Å². The molecule has 0 radical (unpaired) electrons. The molecule has 5 heteroatoms. The smallest absolute Gasteiger partial charge is 0.329 e. The van der Waals surface area contributed by atoms with Gasteiger partial charge in [-0.05, 0) is 6.42 Å². The fourth-order valence-electron chi connectivity index (χ4n) is 2.50. The van der Waals surface area contributed by atoms with Crippen molar-refractivity contribution in [1.82, 2.24) is 4.90 Å². The summed E-state index contributed by atoms with van der Waals surface area (Å²) in [5, 5.41) is 0. The molecule has 1 unspecified atom stereocenters. The largest absolute Gasteiger partial charge is 0.467 e. The minimum Gasteiger partial charge on any atom is -0.467 e. The van der Waals surface area contributed by atoms with E-state index in [1.54, 1.807) is 0 Å². The summed E-state index contributed by atoms with van der Waals surface area (Å²) in [5.41, 5.74) is 0. The molecule has 0 saturated heterocycles. The fraction of sp³-hybridized carbons (Fsp3) is 0.688. The van der Waals surface area contributed by atoms with Gasteiger partial charge in [0.1, 0.15) is 6.04 Å². The van der Waals surface area contributed by atoms with Gasteiger partial charge in [0, 0.05) is 12.2 Å². The van der Waals surface area contributed by atoms with Crippen LogP contribution in [0.3, 0.4) is 0 Å². The van der Waals surface area contributed by atoms with Crippen LogP contribution in [0.1, 0.15) is 58.3 Å². The van der Waals surface area contributed by atoms with Crippen molar-refractivity contribution in [3.8, 4) is 0 Å². The molecule has 1 rings (SSSR count). The lowest BCUT2D eigenvalue weighted by Gasteiger charge is -2.23. The average molecular weight is 295 g/mol. The summed E-state index contributed by atoms with van der Waals surface area (Å²) >= 11 is 0. The van der Waals surface area contributed by atoms with E-state index in [0.717, 1.165) is 24.2 Å². The zero-order chi connectivity index (χ0) is 15.7. The Kier molecular flexibility index (Phi) is 7.72. The molecule has 0 saturated carbocycles. The summed E-state index contributed by atoms with van der Waals surface area (Å²) in [7, 11) is 1.28. The number of hydrogen-bond donors (Lipinski definition) is 0. The van der Waals surface area contributed by atoms with Gasteiger partial charge in [-0.1, -0.05) is 51.9 Å². The molecule has 0 aliphatic carbocycles. The number of hydrogen-bond acceptors (Lipinski definition) is 4. The van der Waals surface area contributed by atoms with Crippen molar-refractivity contribution in [2.45, 2.75) is 64.3 Å². The summed E-state index contributed by atoms with van der Waals surface area (Å²) in [5.74, 6) is -1.39. The topological polar surface area (TPSA) is 63.7 Å². The van der Waals surface area contributed by atoms with E-state index in [4.69, 9.17) is 4.74 Å². The summed E-state index contributed by atoms with van der Waals surface area (Å²) in [4.78, 5) is 36.1. The highest BCUT2D eigenvalue weighted by atomic mass is 16.5. The number of nitrogens with zero attached hydrogens (tertiary/aromatic N) is 1. The number of carbonyl (C=O) groups excluding carboxylic acids is 3. The molecule has 0 spiro atoms. The maximum absolute atomic E-state index is 11.8. The van der Waals surface area contributed by atoms with E-state index in [9.17, 15) is 14.4 Å². The second kappa shape index (κ2) is 9.32. The number of imide groups is 1. The Morgan fingerprint density at radius 3 is 2.10 bits per heavy atom. The van der Waals surface area contributed by atoms with Gasteiger partial charge in [0.05, 0.1) is 7.11 Å². The number of methoxy groups -OCH3 is 1. The molecule has 0 fully saturated rings. The Bertz CT molecular complexity index is 385. The van der Waals surface area contributed by atoms with E-state index in [1.807, 2.05) is 0 Å². The van der Waals surface area contributed by atoms with Gasteiger partial charge in [0.2, 0.25) is 0 Å². The third kappa shape index (κ3) is 5.33. The average Bonchev–Trinajstić information content (AvgIpc) is 2.81. The van der Waals surface area contributed by atoms with E-state index in [2.05, 4.69) is 6.92 Å². The first-order chi connectivity index (χ1) is 10.1. The van der Waals surface area contributed by atoms with E-state index in [0.29, 0.717) is 6.42 Å². The molecule has 1 aliphatic rings. The minimum absolute atomic E-state index is 0.432. The van der Waals surface area contributed by atoms with Crippen molar-refractivity contribution in [3.63, 3.8) is 0 Å². The lowest BCUT2D eigenvalue weighted by molar-refractivity contribution is -0.155. The van der Waals surface area contributed by atoms with Crippen LogP contribution < -0.4 is 0 Å². The first-order valence-corrected chi connectivity index (χ1v) is 7.74. The van der Waals surface area contributed by atoms with E-state index < -0.39 is 23.8 Å². The molecule has 0 aromatic heterocycles. The Balaban J connectivity index is 2.40. The van der Waals surface area contributed by atoms with E-state index in [1.165, 1.54) is 44.9 Å². The molecule has 0 N–H and O–H groups in total. The van der Waals surface area contributed by atoms with Crippen LogP contribution in [0.25, 0.3) is 0 Å². The highest BCUT2D eigenvalue weighted by Crippen LogP contribution is 2.17. The quantitative estimate of drug-likeness (QED) is 0.353. The Morgan fingerprint density at radius 1 is 1.05 bits per heavy atom. The van der Waals surface area contributed by atoms with Gasteiger partial charge in [-0.15, -0.1) is 0 Å². The summed E-state index contributed by atoms with van der Waals surface area (Å²) in [6, 6.07) is -0.791. The first kappa shape index (κ1) is 17.4. The SMILES string of the molecule is CCCCCCCCCC(C(=O)OC)N1C(=O)C=CC1=O. The van der Waals surface area contributed by atoms with Crippen LogP contribution in [0, 0.1) is 0 Å². The summed E-state index contributed by atoms with van der Waals surface area (Å²) in [6.45, 7) is 2.18. The molecule has 2 amide bonds. The molecule has 1 heterocycles. The number of ether oxygens (including phenoxy) is 1. The maximum Gasteiger partial charge on any atom is 0.329 e. The van der Waals surface area contributed by atoms with Crippen molar-refractivity contribution in [2.24, 2.45) is 0 Å². The Labute approximate surface area is 126 Å². The first-order valence-electron chi connectivity index (χ1n) is 7.74. The zero-order valence-corrected chi connectivity index (χ0v) is 13.0. The van der Waals surface area contributed by atoms with Crippen molar-refractivity contribution in [3.05, 3.63) is 12.2 Å². The highest BCUT2D eigenvalue weighted by molar-refractivity contribution is 6.14. The van der Waals surface area contributed by atoms with Crippen molar-refractivity contribution in [2.75, 3.05) is 7.11 Å². The van der Waals surface area contributed by atoms with Crippen LogP contribution >= 0.6 is 0 Å². The zero-order valence-electron chi connectivity index (χ0n) is 13.0. The molecule has 1 atom stereocenters. The highest BCUT2D eigenvalue weighted by Gasteiger charge is 2.35. The van der Waals surface area contributed by atoms with E-state index in [-0.39, 0.29) is 0 Å². The molecule has 0 bridgehead atoms. The lowest BCUT2D eigenvalue weighted by atomic mass is 10.0. The third-order valence-corrected chi connectivity index (χ3v) is 3.71. The van der Waals surface area contributed by atoms with Crippen LogP contribution in [0.15, 0.2) is 12.2 Å². The standard InChI is InChI=1S/C16H25NO4/c1-3-4-5-6-7-8-9-10-13(16(20)21-2)17-14(18)11-12-15(17)19/h11-13H,3-10H2,1-2H3. The maximum atomic E-state index is 11.8. The molecule has 118 valence electrons. The van der Waals surface area contributed by atoms with Gasteiger partial charge < -0.3 is 4.74 Å². The molecule has 0 aromatic carbocycles. The Morgan fingerprint density at radius 2 is 1.57 bits per heavy atom. The van der Waals surface area contributed by atoms with Crippen LogP contribution in [0.5, 0.6) is 0 Å². The predicted molar refractivity (Wildman–Crippen MR) is 79.4 cm³/mol. The molecule has 21 heavy (non-hydrogen) atoms. The number of amides is 2. The molecule has 1 aliphatic heterocycles. The fourth-order valence-corrected chi connectivity index (χ4v) is 2.50. The van der Waals surface area contributed by atoms with Gasteiger partial charge in [0.25, 0.3) is 11.8 Å². The molecular weight excluding hydrogens is 270 g/mol. The molecular formula is C16H25NO4. The van der Waals surface area contributed by atoms with Crippen molar-refractivity contribution in [1.29, 1.82) is 0 Å². The van der Waals surface area contributed by atoms with Gasteiger partial charge in [0.15, 0.2) is 0 Å². The van der Waals surface area contributed by atoms with Crippen molar-refractivity contribution >= 4 is 17.8 Å². The van der Waals surface area contributed by atoms with Crippen LogP contribution in [0.4, 0.5) is 0 Å². The minimum atomic E-state index is -0.791. The normalized spacial score (nSPS) is 15.6. The summed E-state index contributed by atoms with van der Waals surface area (Å²) < 4.78 is 4.72. The van der Waals surface area contributed by atoms with E-state index >= 15 is 0 Å². The number of rotatable bonds is 10. The van der Waals surface area contributed by atoms with Crippen LogP contribution in [-0.4, -0.2) is 35.8 Å². The second-order valence-corrected chi connectivity index (χ2v) is 5.33. The van der Waals surface area contributed by atoms with Gasteiger partial charge >= 0.3 is 5.97 Å². The van der Waals surface area contributed by atoms with Crippen LogP contribution in [-0.2, 0) is 19.1 Å². The predicted octanol–water partition coefficient (Wildman–Crippen LogP) is 2.59. The van der Waals surface area contributed by atoms with Gasteiger partial charge in [-0.2, -0.15) is 0 Å². The molecule has 5 nitrogen and oxygen atoms in total. The van der Waals surface area contributed by atoms with Gasteiger partial charge in [-0.3, -0.25) is 14.5 Å². The summed E-state index contributed by atoms with van der Waals surface area (Å²) in [6.07, 6.45) is 10.7. The second-order valence-electron chi connectivity index (χ2n) is 5.33. The number of esters is 1. The molecule has 0 aromatic rings. The number of carbonyl (C=O) groups is 3. The monoisotopic (exact) mass is 295 g/mol. The third-order valence-electron chi connectivity index (χ3n) is 3.71. The number of unbranched alkanes of at least 4 members (excludes halogenated alkanes) is 6.